The van der Waals surface area contributed by atoms with Crippen molar-refractivity contribution < 1.29 is 9.90 Å². The highest BCUT2D eigenvalue weighted by Crippen LogP contribution is 2.37. The van der Waals surface area contributed by atoms with Gasteiger partial charge in [-0.1, -0.05) is 24.3 Å². The summed E-state index contributed by atoms with van der Waals surface area (Å²) in [6.45, 7) is 1.59. The quantitative estimate of drug-likeness (QED) is 0.348. The lowest BCUT2D eigenvalue weighted by Crippen LogP contribution is -2.22. The number of nitrogens with zero attached hydrogens (tertiary/aromatic N) is 4. The Morgan fingerprint density at radius 2 is 1.38 bits per heavy atom. The zero-order valence-electron chi connectivity index (χ0n) is 19.4. The monoisotopic (exact) mass is 484 g/mol. The molecule has 0 radical (unpaired) electrons. The molecule has 4 heterocycles. The number of pyridine rings is 2. The highest BCUT2D eigenvalue weighted by Gasteiger charge is 2.30. The van der Waals surface area contributed by atoms with Crippen molar-refractivity contribution in [1.29, 1.82) is 0 Å². The molecule has 0 bridgehead atoms. The van der Waals surface area contributed by atoms with Crippen molar-refractivity contribution in [3.8, 4) is 0 Å². The molecule has 0 saturated carbocycles. The molecule has 4 aromatic heterocycles. The summed E-state index contributed by atoms with van der Waals surface area (Å²) < 4.78 is 3.17. The Labute approximate surface area is 206 Å². The molecule has 0 amide bonds. The molecule has 1 atom stereocenters. The number of rotatable bonds is 1. The van der Waals surface area contributed by atoms with Crippen LogP contribution in [0.1, 0.15) is 18.3 Å². The zero-order chi connectivity index (χ0) is 25.2. The average Bonchev–Trinajstić information content (AvgIpc) is 3.42. The maximum Gasteiger partial charge on any atom is 0.317 e. The van der Waals surface area contributed by atoms with E-state index in [1.165, 1.54) is 4.40 Å². The second-order valence-corrected chi connectivity index (χ2v) is 9.74. The first-order valence-electron chi connectivity index (χ1n) is 11.8. The summed E-state index contributed by atoms with van der Waals surface area (Å²) in [4.78, 5) is 48.9. The minimum Gasteiger partial charge on any atom is -0.480 e. The van der Waals surface area contributed by atoms with Crippen molar-refractivity contribution in [2.24, 2.45) is 5.41 Å². The lowest BCUT2D eigenvalue weighted by atomic mass is 9.90. The molecular weight excluding hydrogens is 468 g/mol. The summed E-state index contributed by atoms with van der Waals surface area (Å²) >= 11 is 0. The SMILES string of the molecule is CC1(C(=O)O)C=Cc2nc3c4ccc5c6c(ccc(c(=O)n3c2C=C1)c46)c(=O)n1c2ccccc2nc51. The molecule has 176 valence electrons. The summed E-state index contributed by atoms with van der Waals surface area (Å²) in [5.74, 6) is -0.990. The molecular formula is C29H16N4O4. The van der Waals surface area contributed by atoms with E-state index in [-0.39, 0.29) is 11.1 Å². The molecule has 1 unspecified atom stereocenters. The minimum absolute atomic E-state index is 0.184. The standard InChI is InChI=1S/C29H16N4O4/c1-29(28(36)37)12-10-19-21(11-13-29)33-25(31-19)15-7-6-14-22-16(8-9-17(23(15)22)27(33)35)26(34)32-20-5-3-2-4-18(20)30-24(14)32/h2-13H,1H3,(H,36,37). The molecule has 8 heteroatoms. The van der Waals surface area contributed by atoms with Gasteiger partial charge in [-0.2, -0.15) is 0 Å². The summed E-state index contributed by atoms with van der Waals surface area (Å²) in [7, 11) is 0. The maximum atomic E-state index is 13.9. The van der Waals surface area contributed by atoms with Gasteiger partial charge in [0.05, 0.1) is 22.4 Å². The van der Waals surface area contributed by atoms with Gasteiger partial charge in [0.25, 0.3) is 11.1 Å². The predicted octanol–water partition coefficient (Wildman–Crippen LogP) is 4.32. The fourth-order valence-corrected chi connectivity index (χ4v) is 5.70. The number of carboxylic acids is 1. The summed E-state index contributed by atoms with van der Waals surface area (Å²) in [6, 6.07) is 14.8. The van der Waals surface area contributed by atoms with E-state index in [1.54, 1.807) is 47.8 Å². The van der Waals surface area contributed by atoms with Gasteiger partial charge in [-0.25, -0.2) is 9.97 Å². The Morgan fingerprint density at radius 3 is 2.08 bits per heavy atom. The third-order valence-electron chi connectivity index (χ3n) is 7.65. The van der Waals surface area contributed by atoms with Gasteiger partial charge in [-0.05, 0) is 55.5 Å². The number of carboxylic acid groups (broad SMARTS) is 1. The predicted molar refractivity (Wildman–Crippen MR) is 143 cm³/mol. The maximum absolute atomic E-state index is 13.9. The molecule has 0 saturated heterocycles. The molecule has 0 spiro atoms. The number of aromatic nitrogens is 4. The number of benzene rings is 3. The van der Waals surface area contributed by atoms with Crippen molar-refractivity contribution in [3.05, 3.63) is 92.8 Å². The second kappa shape index (κ2) is 6.36. The second-order valence-electron chi connectivity index (χ2n) is 9.74. The Hall–Kier alpha value is -5.11. The van der Waals surface area contributed by atoms with Gasteiger partial charge in [0.2, 0.25) is 0 Å². The van der Waals surface area contributed by atoms with Crippen LogP contribution >= 0.6 is 0 Å². The number of imidazole rings is 2. The summed E-state index contributed by atoms with van der Waals surface area (Å²) in [5.41, 5.74) is 1.86. The van der Waals surface area contributed by atoms with E-state index in [2.05, 4.69) is 0 Å². The van der Waals surface area contributed by atoms with Gasteiger partial charge >= 0.3 is 5.97 Å². The van der Waals surface area contributed by atoms with Crippen LogP contribution in [0.15, 0.2) is 70.3 Å². The number of hydrogen-bond acceptors (Lipinski definition) is 5. The van der Waals surface area contributed by atoms with Gasteiger partial charge in [-0.3, -0.25) is 23.2 Å². The van der Waals surface area contributed by atoms with Gasteiger partial charge in [0.15, 0.2) is 0 Å². The van der Waals surface area contributed by atoms with Crippen LogP contribution in [0.5, 0.6) is 0 Å². The van der Waals surface area contributed by atoms with E-state index in [1.807, 2.05) is 36.4 Å². The Balaban J connectivity index is 1.56. The van der Waals surface area contributed by atoms with Crippen LogP contribution in [-0.2, 0) is 4.79 Å². The largest absolute Gasteiger partial charge is 0.480 e. The fraction of sp³-hybridized carbons (Fsp3) is 0.0690. The zero-order valence-corrected chi connectivity index (χ0v) is 19.4. The van der Waals surface area contributed by atoms with E-state index >= 15 is 0 Å². The van der Waals surface area contributed by atoms with Gasteiger partial charge in [-0.15, -0.1) is 0 Å². The third kappa shape index (κ3) is 2.30. The first-order valence-corrected chi connectivity index (χ1v) is 11.8. The van der Waals surface area contributed by atoms with Crippen LogP contribution in [0, 0.1) is 5.41 Å². The van der Waals surface area contributed by atoms with Gasteiger partial charge in [0, 0.05) is 32.3 Å². The van der Waals surface area contributed by atoms with Crippen molar-refractivity contribution in [1.82, 2.24) is 18.8 Å². The third-order valence-corrected chi connectivity index (χ3v) is 7.65. The van der Waals surface area contributed by atoms with E-state index < -0.39 is 11.4 Å². The molecule has 3 aromatic carbocycles. The van der Waals surface area contributed by atoms with Gasteiger partial charge < -0.3 is 5.11 Å². The molecule has 8 nitrogen and oxygen atoms in total. The highest BCUT2D eigenvalue weighted by molar-refractivity contribution is 6.27. The van der Waals surface area contributed by atoms with Crippen LogP contribution in [0.3, 0.4) is 0 Å². The fourth-order valence-electron chi connectivity index (χ4n) is 5.70. The van der Waals surface area contributed by atoms with Crippen molar-refractivity contribution in [2.45, 2.75) is 6.92 Å². The van der Waals surface area contributed by atoms with E-state index in [4.69, 9.17) is 9.97 Å². The van der Waals surface area contributed by atoms with Crippen molar-refractivity contribution >= 4 is 72.8 Å². The molecule has 8 rings (SSSR count). The lowest BCUT2D eigenvalue weighted by molar-refractivity contribution is -0.142. The number of carbonyl (C=O) groups is 1. The normalized spacial score (nSPS) is 17.6. The molecule has 37 heavy (non-hydrogen) atoms. The van der Waals surface area contributed by atoms with Crippen LogP contribution in [0.4, 0.5) is 0 Å². The Kier molecular flexibility index (Phi) is 3.46. The molecule has 1 aliphatic carbocycles. The Bertz CT molecular complexity index is 2340. The molecule has 0 aliphatic heterocycles. The first-order chi connectivity index (χ1) is 17.9. The smallest absolute Gasteiger partial charge is 0.317 e. The Morgan fingerprint density at radius 1 is 0.784 bits per heavy atom. The summed E-state index contributed by atoms with van der Waals surface area (Å²) in [5, 5.41) is 13.5. The molecule has 7 aromatic rings. The lowest BCUT2D eigenvalue weighted by Gasteiger charge is -2.14. The van der Waals surface area contributed by atoms with E-state index in [0.29, 0.717) is 44.2 Å². The number of hydrogen-bond donors (Lipinski definition) is 1. The first kappa shape index (κ1) is 20.1. The van der Waals surface area contributed by atoms with E-state index in [9.17, 15) is 19.5 Å². The van der Waals surface area contributed by atoms with Gasteiger partial charge in [0.1, 0.15) is 16.7 Å². The molecule has 0 fully saturated rings. The number of aliphatic carboxylic acids is 1. The highest BCUT2D eigenvalue weighted by atomic mass is 16.4. The van der Waals surface area contributed by atoms with Crippen molar-refractivity contribution in [3.63, 3.8) is 0 Å². The average molecular weight is 484 g/mol. The van der Waals surface area contributed by atoms with Crippen LogP contribution in [0.25, 0.3) is 66.8 Å². The molecule has 1 aliphatic rings. The van der Waals surface area contributed by atoms with Crippen LogP contribution < -0.4 is 11.1 Å². The van der Waals surface area contributed by atoms with Crippen LogP contribution in [0.2, 0.25) is 0 Å². The minimum atomic E-state index is -1.20. The molecule has 1 N–H and O–H groups in total. The van der Waals surface area contributed by atoms with Crippen LogP contribution in [-0.4, -0.2) is 29.8 Å². The summed E-state index contributed by atoms with van der Waals surface area (Å²) in [6.07, 6.45) is 6.45. The number of para-hydroxylation sites is 2. The topological polar surface area (TPSA) is 106 Å². The van der Waals surface area contributed by atoms with Crippen molar-refractivity contribution in [2.75, 3.05) is 0 Å². The van der Waals surface area contributed by atoms with E-state index in [0.717, 1.165) is 21.8 Å². The number of fused-ring (bicyclic) bond motifs is 8.